The SMILES string of the molecule is CSc1cccc(NC(C)c2ccc(Br)cc2Br)c1. The van der Waals surface area contributed by atoms with Crippen LogP contribution in [0.1, 0.15) is 18.5 Å². The van der Waals surface area contributed by atoms with Gasteiger partial charge in [0.1, 0.15) is 0 Å². The molecule has 0 aliphatic rings. The number of thioether (sulfide) groups is 1. The van der Waals surface area contributed by atoms with Gasteiger partial charge in [-0.05, 0) is 49.1 Å². The van der Waals surface area contributed by atoms with Crippen LogP contribution in [0, 0.1) is 0 Å². The second-order valence-corrected chi connectivity index (χ2v) is 6.91. The Kier molecular flexibility index (Phi) is 5.37. The first-order valence-electron chi connectivity index (χ1n) is 5.95. The van der Waals surface area contributed by atoms with Gasteiger partial charge < -0.3 is 5.32 Å². The average Bonchev–Trinajstić information content (AvgIpc) is 2.38. The topological polar surface area (TPSA) is 12.0 Å². The van der Waals surface area contributed by atoms with Crippen LogP contribution in [-0.2, 0) is 0 Å². The molecule has 0 aliphatic carbocycles. The van der Waals surface area contributed by atoms with Crippen LogP contribution < -0.4 is 5.32 Å². The number of hydrogen-bond donors (Lipinski definition) is 1. The number of benzene rings is 2. The van der Waals surface area contributed by atoms with Crippen molar-refractivity contribution < 1.29 is 0 Å². The Balaban J connectivity index is 2.17. The molecule has 19 heavy (non-hydrogen) atoms. The Bertz CT molecular complexity index is 572. The molecule has 0 fully saturated rings. The van der Waals surface area contributed by atoms with Crippen LogP contribution in [0.2, 0.25) is 0 Å². The van der Waals surface area contributed by atoms with E-state index in [4.69, 9.17) is 0 Å². The molecule has 4 heteroatoms. The molecule has 0 saturated heterocycles. The van der Waals surface area contributed by atoms with Gasteiger partial charge in [0, 0.05) is 25.6 Å². The molecular weight excluding hydrogens is 386 g/mol. The Morgan fingerprint density at radius 1 is 1.11 bits per heavy atom. The van der Waals surface area contributed by atoms with Crippen LogP contribution in [0.5, 0.6) is 0 Å². The first-order chi connectivity index (χ1) is 9.10. The maximum atomic E-state index is 3.62. The average molecular weight is 401 g/mol. The fourth-order valence-electron chi connectivity index (χ4n) is 1.89. The molecular formula is C15H15Br2NS. The highest BCUT2D eigenvalue weighted by atomic mass is 79.9. The lowest BCUT2D eigenvalue weighted by molar-refractivity contribution is 0.877. The van der Waals surface area contributed by atoms with Crippen LogP contribution in [0.3, 0.4) is 0 Å². The number of nitrogens with one attached hydrogen (secondary N) is 1. The van der Waals surface area contributed by atoms with Crippen molar-refractivity contribution in [1.29, 1.82) is 0 Å². The molecule has 0 radical (unpaired) electrons. The lowest BCUT2D eigenvalue weighted by atomic mass is 10.1. The molecule has 0 spiro atoms. The van der Waals surface area contributed by atoms with Crippen molar-refractivity contribution in [1.82, 2.24) is 0 Å². The predicted octanol–water partition coefficient (Wildman–Crippen LogP) is 6.11. The van der Waals surface area contributed by atoms with E-state index < -0.39 is 0 Å². The molecule has 2 aromatic carbocycles. The lowest BCUT2D eigenvalue weighted by Gasteiger charge is -2.18. The maximum Gasteiger partial charge on any atom is 0.0496 e. The van der Waals surface area contributed by atoms with Crippen LogP contribution in [-0.4, -0.2) is 6.26 Å². The number of anilines is 1. The van der Waals surface area contributed by atoms with Gasteiger partial charge in [-0.15, -0.1) is 11.8 Å². The van der Waals surface area contributed by atoms with E-state index in [0.29, 0.717) is 0 Å². The summed E-state index contributed by atoms with van der Waals surface area (Å²) in [4.78, 5) is 1.27. The summed E-state index contributed by atoms with van der Waals surface area (Å²) in [5, 5.41) is 3.53. The van der Waals surface area contributed by atoms with Crippen LogP contribution in [0.15, 0.2) is 56.3 Å². The fourth-order valence-corrected chi connectivity index (χ4v) is 3.74. The molecule has 2 rings (SSSR count). The maximum absolute atomic E-state index is 3.62. The minimum absolute atomic E-state index is 0.250. The van der Waals surface area contributed by atoms with Gasteiger partial charge in [0.15, 0.2) is 0 Å². The first kappa shape index (κ1) is 14.9. The third-order valence-corrected chi connectivity index (χ3v) is 4.79. The van der Waals surface area contributed by atoms with Gasteiger partial charge in [0.2, 0.25) is 0 Å². The van der Waals surface area contributed by atoms with Crippen molar-refractivity contribution in [2.75, 3.05) is 11.6 Å². The number of hydrogen-bond acceptors (Lipinski definition) is 2. The Morgan fingerprint density at radius 2 is 1.89 bits per heavy atom. The fraction of sp³-hybridized carbons (Fsp3) is 0.200. The van der Waals surface area contributed by atoms with E-state index in [9.17, 15) is 0 Å². The summed E-state index contributed by atoms with van der Waals surface area (Å²) in [6.07, 6.45) is 2.09. The van der Waals surface area contributed by atoms with Crippen molar-refractivity contribution in [2.45, 2.75) is 17.9 Å². The summed E-state index contributed by atoms with van der Waals surface area (Å²) in [6.45, 7) is 2.17. The quantitative estimate of drug-likeness (QED) is 0.621. The van der Waals surface area contributed by atoms with Crippen molar-refractivity contribution in [3.05, 3.63) is 57.0 Å². The summed E-state index contributed by atoms with van der Waals surface area (Å²) in [6, 6.07) is 15.0. The molecule has 1 atom stereocenters. The van der Waals surface area contributed by atoms with Gasteiger partial charge in [-0.3, -0.25) is 0 Å². The molecule has 1 unspecified atom stereocenters. The summed E-state index contributed by atoms with van der Waals surface area (Å²) < 4.78 is 2.20. The smallest absolute Gasteiger partial charge is 0.0496 e. The zero-order chi connectivity index (χ0) is 13.8. The van der Waals surface area contributed by atoms with E-state index in [1.165, 1.54) is 10.5 Å². The van der Waals surface area contributed by atoms with E-state index in [1.54, 1.807) is 11.8 Å². The summed E-state index contributed by atoms with van der Waals surface area (Å²) >= 11 is 8.85. The van der Waals surface area contributed by atoms with E-state index in [-0.39, 0.29) is 6.04 Å². The number of rotatable bonds is 4. The molecule has 0 saturated carbocycles. The molecule has 0 aromatic heterocycles. The minimum Gasteiger partial charge on any atom is -0.378 e. The summed E-state index contributed by atoms with van der Waals surface area (Å²) in [5.41, 5.74) is 2.40. The van der Waals surface area contributed by atoms with E-state index in [2.05, 4.69) is 92.8 Å². The molecule has 2 aromatic rings. The minimum atomic E-state index is 0.250. The second-order valence-electron chi connectivity index (χ2n) is 4.26. The van der Waals surface area contributed by atoms with Gasteiger partial charge in [-0.2, -0.15) is 0 Å². The van der Waals surface area contributed by atoms with Gasteiger partial charge >= 0.3 is 0 Å². The lowest BCUT2D eigenvalue weighted by Crippen LogP contribution is -2.07. The van der Waals surface area contributed by atoms with Gasteiger partial charge in [0.05, 0.1) is 0 Å². The standard InChI is InChI=1S/C15H15Br2NS/c1-10(14-7-6-11(16)8-15(14)17)18-12-4-3-5-13(9-12)19-2/h3-10,18H,1-2H3. The molecule has 0 amide bonds. The Hall–Kier alpha value is -0.450. The Labute approximate surface area is 135 Å². The molecule has 1 nitrogen and oxygen atoms in total. The predicted molar refractivity (Wildman–Crippen MR) is 92.1 cm³/mol. The Morgan fingerprint density at radius 3 is 2.58 bits per heavy atom. The van der Waals surface area contributed by atoms with Gasteiger partial charge in [0.25, 0.3) is 0 Å². The largest absolute Gasteiger partial charge is 0.378 e. The van der Waals surface area contributed by atoms with Crippen molar-refractivity contribution in [3.63, 3.8) is 0 Å². The van der Waals surface area contributed by atoms with Crippen LogP contribution in [0.4, 0.5) is 5.69 Å². The molecule has 0 aliphatic heterocycles. The van der Waals surface area contributed by atoms with Gasteiger partial charge in [-0.1, -0.05) is 44.0 Å². The molecule has 100 valence electrons. The number of halogens is 2. The second kappa shape index (κ2) is 6.82. The molecule has 0 bridgehead atoms. The van der Waals surface area contributed by atoms with E-state index in [0.717, 1.165) is 14.6 Å². The van der Waals surface area contributed by atoms with Crippen molar-refractivity contribution in [2.24, 2.45) is 0 Å². The highest BCUT2D eigenvalue weighted by molar-refractivity contribution is 9.11. The van der Waals surface area contributed by atoms with E-state index >= 15 is 0 Å². The van der Waals surface area contributed by atoms with Crippen LogP contribution in [0.25, 0.3) is 0 Å². The molecule has 1 N–H and O–H groups in total. The first-order valence-corrected chi connectivity index (χ1v) is 8.77. The zero-order valence-corrected chi connectivity index (χ0v) is 14.8. The van der Waals surface area contributed by atoms with E-state index in [1.807, 2.05) is 0 Å². The summed E-state index contributed by atoms with van der Waals surface area (Å²) in [7, 11) is 0. The third kappa shape index (κ3) is 4.01. The summed E-state index contributed by atoms with van der Waals surface area (Å²) in [5.74, 6) is 0. The zero-order valence-electron chi connectivity index (χ0n) is 10.8. The van der Waals surface area contributed by atoms with Crippen LogP contribution >= 0.6 is 43.6 Å². The highest BCUT2D eigenvalue weighted by Crippen LogP contribution is 2.29. The highest BCUT2D eigenvalue weighted by Gasteiger charge is 2.09. The monoisotopic (exact) mass is 399 g/mol. The molecule has 0 heterocycles. The van der Waals surface area contributed by atoms with Gasteiger partial charge in [-0.25, -0.2) is 0 Å². The normalized spacial score (nSPS) is 12.2. The third-order valence-electron chi connectivity index (χ3n) is 2.88. The van der Waals surface area contributed by atoms with Crippen molar-refractivity contribution >= 4 is 49.3 Å². The van der Waals surface area contributed by atoms with Crippen molar-refractivity contribution in [3.8, 4) is 0 Å².